The van der Waals surface area contributed by atoms with E-state index in [2.05, 4.69) is 40.9 Å². The molecule has 2 aliphatic heterocycles. The van der Waals surface area contributed by atoms with E-state index in [0.717, 1.165) is 59.2 Å². The number of nitrogens with zero attached hydrogens (tertiary/aromatic N) is 9. The Kier molecular flexibility index (Phi) is 13.3. The molecule has 3 aromatic heterocycles. The van der Waals surface area contributed by atoms with Gasteiger partial charge < -0.3 is 34.9 Å². The third-order valence-electron chi connectivity index (χ3n) is 10.1. The number of hydrogen-bond acceptors (Lipinski definition) is 15. The van der Waals surface area contributed by atoms with Gasteiger partial charge in [-0.05, 0) is 48.7 Å². The minimum Gasteiger partial charge on any atom is -0.448 e. The number of aliphatic hydroxyl groups is 1. The Hall–Kier alpha value is -5.94. The Morgan fingerprint density at radius 2 is 1.49 bits per heavy atom. The van der Waals surface area contributed by atoms with Gasteiger partial charge in [0.1, 0.15) is 0 Å². The van der Waals surface area contributed by atoms with Crippen molar-refractivity contribution in [2.24, 2.45) is 0 Å². The van der Waals surface area contributed by atoms with Crippen molar-refractivity contribution < 1.29 is 55.2 Å². The lowest BCUT2D eigenvalue weighted by Gasteiger charge is -2.26. The fraction of sp³-hybridized carbons (Fsp3) is 0.474. The highest BCUT2D eigenvalue weighted by atomic mass is 19.4. The van der Waals surface area contributed by atoms with Gasteiger partial charge in [-0.15, -0.1) is 10.2 Å². The molecule has 0 saturated carbocycles. The lowest BCUT2D eigenvalue weighted by Crippen LogP contribution is -2.42. The SMILES string of the molecule is O=C(O[C@@H]1[C@@H](OC(=O)C(F)(F)F)[C@H](n2cnc3c(NCC(c4ccccc4)c4ccccc4)nc(NCCN4CCCCC4)nc32)O[C@@H]1c1nnn(CCCO)n1)C(F)(F)F. The molecule has 5 aromatic rings. The number of nitrogens with one attached hydrogen (secondary N) is 2. The van der Waals surface area contributed by atoms with Crippen molar-refractivity contribution in [1.29, 1.82) is 0 Å². The fourth-order valence-electron chi connectivity index (χ4n) is 7.19. The van der Waals surface area contributed by atoms with E-state index in [0.29, 0.717) is 13.1 Å². The molecule has 0 aliphatic carbocycles. The maximum absolute atomic E-state index is 13.8. The van der Waals surface area contributed by atoms with Crippen molar-refractivity contribution in [2.45, 2.75) is 75.0 Å². The fourth-order valence-corrected chi connectivity index (χ4v) is 7.19. The van der Waals surface area contributed by atoms with Crippen LogP contribution < -0.4 is 10.6 Å². The van der Waals surface area contributed by atoms with Crippen LogP contribution in [0.2, 0.25) is 0 Å². The number of carbonyl (C=O) groups is 2. The average molecular weight is 862 g/mol. The summed E-state index contributed by atoms with van der Waals surface area (Å²) in [5.41, 5.74) is 1.90. The second-order valence-corrected chi connectivity index (χ2v) is 14.3. The van der Waals surface area contributed by atoms with E-state index in [1.807, 2.05) is 60.7 Å². The number of aromatic nitrogens is 8. The van der Waals surface area contributed by atoms with E-state index in [9.17, 15) is 41.0 Å². The monoisotopic (exact) mass is 861 g/mol. The molecule has 0 radical (unpaired) electrons. The third-order valence-corrected chi connectivity index (χ3v) is 10.1. The zero-order valence-electron chi connectivity index (χ0n) is 32.3. The standard InChI is InChI=1S/C38H41F6N11O6/c39-37(40,41)34(57)60-27-28(31-50-52-55(51-31)18-10-20-56)59-33(29(27)61-35(58)38(42,43)44)54-22-47-26-30(48-36(49-32(26)54)45-15-19-53-16-8-3-9-17-53)46-21-25(23-11-4-1-5-12-23)24-13-6-2-7-14-24/h1-2,4-7,11-14,22,25,27-29,33,56H,3,8-10,15-21H2,(H2,45,46,48,49)/t27-,28-,29+,33+/m0/s1. The lowest BCUT2D eigenvalue weighted by atomic mass is 9.91. The zero-order chi connectivity index (χ0) is 43.1. The van der Waals surface area contributed by atoms with E-state index in [1.165, 1.54) is 0 Å². The van der Waals surface area contributed by atoms with Crippen molar-refractivity contribution in [3.8, 4) is 0 Å². The minimum absolute atomic E-state index is 0.0268. The first-order chi connectivity index (χ1) is 29.3. The molecule has 4 atom stereocenters. The van der Waals surface area contributed by atoms with Crippen molar-refractivity contribution >= 4 is 34.9 Å². The van der Waals surface area contributed by atoms with Crippen LogP contribution in [0.3, 0.4) is 0 Å². The van der Waals surface area contributed by atoms with Gasteiger partial charge in [0, 0.05) is 32.2 Å². The number of fused-ring (bicyclic) bond motifs is 1. The normalized spacial score (nSPS) is 19.9. The summed E-state index contributed by atoms with van der Waals surface area (Å²) in [7, 11) is 0. The second kappa shape index (κ2) is 18.8. The Balaban J connectivity index is 1.30. The molecule has 61 heavy (non-hydrogen) atoms. The first-order valence-electron chi connectivity index (χ1n) is 19.4. The predicted molar refractivity (Wildman–Crippen MR) is 202 cm³/mol. The summed E-state index contributed by atoms with van der Waals surface area (Å²) in [6, 6.07) is 19.3. The molecule has 3 N–H and O–H groups in total. The van der Waals surface area contributed by atoms with Crippen LogP contribution in [0.1, 0.15) is 60.9 Å². The molecule has 2 aliphatic rings. The number of piperidine rings is 1. The molecule has 17 nitrogen and oxygen atoms in total. The van der Waals surface area contributed by atoms with Crippen LogP contribution in [0, 0.1) is 0 Å². The number of ether oxygens (including phenoxy) is 3. The molecule has 326 valence electrons. The van der Waals surface area contributed by atoms with Crippen molar-refractivity contribution in [3.05, 3.63) is 83.9 Å². The van der Waals surface area contributed by atoms with Gasteiger partial charge in [-0.3, -0.25) is 4.57 Å². The van der Waals surface area contributed by atoms with Gasteiger partial charge in [0.25, 0.3) is 0 Å². The maximum atomic E-state index is 13.8. The quantitative estimate of drug-likeness (QED) is 0.0922. The van der Waals surface area contributed by atoms with Crippen molar-refractivity contribution in [2.75, 3.05) is 50.0 Å². The number of likely N-dealkylation sites (tertiary alicyclic amines) is 1. The molecular formula is C38H41F6N11O6. The minimum atomic E-state index is -5.64. The van der Waals surface area contributed by atoms with E-state index < -0.39 is 54.7 Å². The average Bonchev–Trinajstić information content (AvgIpc) is 3.98. The summed E-state index contributed by atoms with van der Waals surface area (Å²) in [4.78, 5) is 41.7. The van der Waals surface area contributed by atoms with Gasteiger partial charge in [0.2, 0.25) is 11.8 Å². The summed E-state index contributed by atoms with van der Waals surface area (Å²) in [5.74, 6) is -6.14. The second-order valence-electron chi connectivity index (χ2n) is 14.3. The topological polar surface area (TPSA) is 197 Å². The number of hydrogen-bond donors (Lipinski definition) is 3. The molecule has 5 heterocycles. The number of benzene rings is 2. The Bertz CT molecular complexity index is 2200. The van der Waals surface area contributed by atoms with Gasteiger partial charge in [0.15, 0.2) is 41.5 Å². The summed E-state index contributed by atoms with van der Waals surface area (Å²) in [6.07, 6.45) is -15.6. The molecule has 7 rings (SSSR count). The van der Waals surface area contributed by atoms with Gasteiger partial charge in [-0.2, -0.15) is 41.1 Å². The number of tetrazole rings is 1. The Labute approximate surface area is 343 Å². The molecule has 23 heteroatoms. The number of rotatable bonds is 16. The predicted octanol–water partition coefficient (Wildman–Crippen LogP) is 4.56. The highest BCUT2D eigenvalue weighted by Gasteiger charge is 2.57. The number of halogens is 6. The molecule has 0 amide bonds. The number of imidazole rings is 1. The molecule has 0 unspecified atom stereocenters. The number of anilines is 2. The summed E-state index contributed by atoms with van der Waals surface area (Å²) in [6.45, 7) is 2.78. The highest BCUT2D eigenvalue weighted by Crippen LogP contribution is 2.44. The van der Waals surface area contributed by atoms with E-state index in [4.69, 9.17) is 19.2 Å². The number of alkyl halides is 6. The van der Waals surface area contributed by atoms with Crippen LogP contribution in [-0.2, 0) is 30.3 Å². The molecule has 2 saturated heterocycles. The van der Waals surface area contributed by atoms with Crippen molar-refractivity contribution in [3.63, 3.8) is 0 Å². The van der Waals surface area contributed by atoms with E-state index >= 15 is 0 Å². The number of carbonyl (C=O) groups excluding carboxylic acids is 2. The van der Waals surface area contributed by atoms with Crippen LogP contribution in [-0.4, -0.2) is 126 Å². The first-order valence-corrected chi connectivity index (χ1v) is 19.4. The molecule has 0 bridgehead atoms. The maximum Gasteiger partial charge on any atom is 0.490 e. The Morgan fingerprint density at radius 1 is 0.852 bits per heavy atom. The number of aliphatic hydroxyl groups excluding tert-OH is 1. The largest absolute Gasteiger partial charge is 0.490 e. The van der Waals surface area contributed by atoms with Crippen LogP contribution in [0.15, 0.2) is 67.0 Å². The van der Waals surface area contributed by atoms with Gasteiger partial charge in [0.05, 0.1) is 12.9 Å². The smallest absolute Gasteiger partial charge is 0.448 e. The van der Waals surface area contributed by atoms with Gasteiger partial charge in [-0.25, -0.2) is 14.6 Å². The molecule has 2 aromatic carbocycles. The lowest BCUT2D eigenvalue weighted by molar-refractivity contribution is -0.221. The molecular weight excluding hydrogens is 820 g/mol. The molecule has 0 spiro atoms. The number of aryl methyl sites for hydroxylation is 1. The van der Waals surface area contributed by atoms with Gasteiger partial charge in [-0.1, -0.05) is 67.1 Å². The third kappa shape index (κ3) is 10.3. The first kappa shape index (κ1) is 43.2. The van der Waals surface area contributed by atoms with Crippen LogP contribution in [0.25, 0.3) is 11.2 Å². The van der Waals surface area contributed by atoms with Gasteiger partial charge >= 0.3 is 24.3 Å². The number of esters is 2. The molecule has 2 fully saturated rings. The Morgan fingerprint density at radius 3 is 2.11 bits per heavy atom. The van der Waals surface area contributed by atoms with Crippen LogP contribution in [0.5, 0.6) is 0 Å². The summed E-state index contributed by atoms with van der Waals surface area (Å²) in [5, 5.41) is 27.3. The van der Waals surface area contributed by atoms with E-state index in [-0.39, 0.29) is 55.0 Å². The summed E-state index contributed by atoms with van der Waals surface area (Å²) >= 11 is 0. The van der Waals surface area contributed by atoms with Crippen LogP contribution >= 0.6 is 0 Å². The van der Waals surface area contributed by atoms with Crippen molar-refractivity contribution in [1.82, 2.24) is 44.6 Å². The highest BCUT2D eigenvalue weighted by molar-refractivity contribution is 5.84. The van der Waals surface area contributed by atoms with Crippen LogP contribution in [0.4, 0.5) is 38.1 Å². The summed E-state index contributed by atoms with van der Waals surface area (Å²) < 4.78 is 98.9. The van der Waals surface area contributed by atoms with E-state index in [1.54, 1.807) is 0 Å². The zero-order valence-corrected chi connectivity index (χ0v) is 32.3.